The summed E-state index contributed by atoms with van der Waals surface area (Å²) in [7, 11) is 0. The lowest BCUT2D eigenvalue weighted by atomic mass is 10.0. The van der Waals surface area contributed by atoms with Gasteiger partial charge in [0.2, 0.25) is 0 Å². The van der Waals surface area contributed by atoms with Gasteiger partial charge in [-0.05, 0) is 25.3 Å². The van der Waals surface area contributed by atoms with Crippen molar-refractivity contribution in [1.29, 1.82) is 5.26 Å². The molecule has 0 aliphatic carbocycles. The van der Waals surface area contributed by atoms with Crippen molar-refractivity contribution in [2.75, 3.05) is 13.1 Å². The molecule has 0 aromatic carbocycles. The second-order valence-corrected chi connectivity index (χ2v) is 3.16. The van der Waals surface area contributed by atoms with E-state index in [1.54, 1.807) is 0 Å². The fraction of sp³-hybridized carbons (Fsp3) is 0.778. The lowest BCUT2D eigenvalue weighted by molar-refractivity contribution is -0.137. The molecule has 4 heteroatoms. The Morgan fingerprint density at radius 2 is 2.31 bits per heavy atom. The van der Waals surface area contributed by atoms with Crippen LogP contribution in [0.4, 0.5) is 0 Å². The van der Waals surface area contributed by atoms with Gasteiger partial charge in [0.15, 0.2) is 0 Å². The van der Waals surface area contributed by atoms with E-state index >= 15 is 0 Å². The molecule has 0 heterocycles. The van der Waals surface area contributed by atoms with Crippen molar-refractivity contribution in [3.63, 3.8) is 0 Å². The van der Waals surface area contributed by atoms with E-state index < -0.39 is 5.97 Å². The number of aliphatic carboxylic acids is 1. The summed E-state index contributed by atoms with van der Waals surface area (Å²) in [4.78, 5) is 10.2. The monoisotopic (exact) mass is 184 g/mol. The lowest BCUT2D eigenvalue weighted by Crippen LogP contribution is -2.17. The first kappa shape index (κ1) is 11.9. The van der Waals surface area contributed by atoms with Crippen molar-refractivity contribution in [2.24, 2.45) is 5.92 Å². The van der Waals surface area contributed by atoms with Gasteiger partial charge in [0.05, 0.1) is 12.6 Å². The van der Waals surface area contributed by atoms with E-state index in [1.807, 2.05) is 13.0 Å². The minimum absolute atomic E-state index is 0.236. The normalized spacial score (nSPS) is 12.0. The van der Waals surface area contributed by atoms with Crippen LogP contribution in [-0.4, -0.2) is 24.2 Å². The molecule has 0 aromatic rings. The topological polar surface area (TPSA) is 73.1 Å². The number of rotatable bonds is 7. The predicted octanol–water partition coefficient (Wildman–Crippen LogP) is 0.991. The molecule has 1 atom stereocenters. The average molecular weight is 184 g/mol. The molecule has 0 aliphatic heterocycles. The minimum atomic E-state index is -0.739. The van der Waals surface area contributed by atoms with Crippen molar-refractivity contribution < 1.29 is 9.90 Å². The minimum Gasteiger partial charge on any atom is -0.481 e. The number of hydrogen-bond acceptors (Lipinski definition) is 3. The van der Waals surface area contributed by atoms with Gasteiger partial charge in [0.1, 0.15) is 0 Å². The van der Waals surface area contributed by atoms with E-state index in [2.05, 4.69) is 5.32 Å². The summed E-state index contributed by atoms with van der Waals surface area (Å²) in [5, 5.41) is 19.6. The zero-order chi connectivity index (χ0) is 10.1. The van der Waals surface area contributed by atoms with Crippen LogP contribution >= 0.6 is 0 Å². The quantitative estimate of drug-likeness (QED) is 0.457. The molecule has 0 saturated heterocycles. The molecule has 0 amide bonds. The average Bonchev–Trinajstić information content (AvgIpc) is 2.09. The van der Waals surface area contributed by atoms with Crippen molar-refractivity contribution in [3.05, 3.63) is 0 Å². The molecule has 4 nitrogen and oxygen atoms in total. The fourth-order valence-electron chi connectivity index (χ4n) is 1.01. The first-order valence-corrected chi connectivity index (χ1v) is 4.46. The van der Waals surface area contributed by atoms with Crippen LogP contribution in [0.25, 0.3) is 0 Å². The lowest BCUT2D eigenvalue weighted by Gasteiger charge is -2.08. The summed E-state index contributed by atoms with van der Waals surface area (Å²) in [6, 6.07) is 1.99. The molecule has 13 heavy (non-hydrogen) atoms. The molecule has 0 radical (unpaired) electrons. The van der Waals surface area contributed by atoms with E-state index in [9.17, 15) is 4.79 Å². The zero-order valence-electron chi connectivity index (χ0n) is 7.92. The Morgan fingerprint density at radius 1 is 1.62 bits per heavy atom. The molecule has 0 fully saturated rings. The summed E-state index contributed by atoms with van der Waals surface area (Å²) in [6.07, 6.45) is 1.87. The highest BCUT2D eigenvalue weighted by atomic mass is 16.4. The number of nitrogens with zero attached hydrogens (tertiary/aromatic N) is 1. The Bertz CT molecular complexity index is 187. The Morgan fingerprint density at radius 3 is 2.85 bits per heavy atom. The molecule has 0 aromatic heterocycles. The third-order valence-corrected chi connectivity index (χ3v) is 1.87. The molecule has 0 bridgehead atoms. The largest absolute Gasteiger partial charge is 0.481 e. The number of nitrogens with one attached hydrogen (secondary N) is 1. The molecule has 0 rings (SSSR count). The fourth-order valence-corrected chi connectivity index (χ4v) is 1.01. The van der Waals surface area contributed by atoms with Gasteiger partial charge < -0.3 is 10.4 Å². The van der Waals surface area contributed by atoms with Gasteiger partial charge in [-0.1, -0.05) is 6.92 Å². The van der Waals surface area contributed by atoms with Crippen molar-refractivity contribution in [1.82, 2.24) is 5.32 Å². The van der Waals surface area contributed by atoms with Crippen LogP contribution < -0.4 is 5.32 Å². The zero-order valence-corrected chi connectivity index (χ0v) is 7.92. The molecule has 0 spiro atoms. The maximum absolute atomic E-state index is 10.2. The van der Waals surface area contributed by atoms with Crippen molar-refractivity contribution in [2.45, 2.75) is 26.2 Å². The van der Waals surface area contributed by atoms with Gasteiger partial charge in [-0.3, -0.25) is 4.79 Å². The van der Waals surface area contributed by atoms with E-state index in [0.717, 1.165) is 13.0 Å². The number of carboxylic acids is 1. The number of carbonyl (C=O) groups is 1. The molecular formula is C9H16N2O2. The van der Waals surface area contributed by atoms with Crippen LogP contribution in [0.2, 0.25) is 0 Å². The van der Waals surface area contributed by atoms with E-state index in [-0.39, 0.29) is 6.42 Å². The summed E-state index contributed by atoms with van der Waals surface area (Å²) < 4.78 is 0. The maximum Gasteiger partial charge on any atom is 0.303 e. The Kier molecular flexibility index (Phi) is 6.93. The summed E-state index contributed by atoms with van der Waals surface area (Å²) >= 11 is 0. The maximum atomic E-state index is 10.2. The SMILES string of the molecule is CC(CCNCC#N)CCC(=O)O. The third kappa shape index (κ3) is 8.83. The van der Waals surface area contributed by atoms with Gasteiger partial charge in [-0.15, -0.1) is 0 Å². The van der Waals surface area contributed by atoms with Gasteiger partial charge >= 0.3 is 5.97 Å². The molecule has 2 N–H and O–H groups in total. The Balaban J connectivity index is 3.25. The molecule has 1 unspecified atom stereocenters. The summed E-state index contributed by atoms with van der Waals surface area (Å²) in [6.45, 7) is 3.18. The standard InChI is InChI=1S/C9H16N2O2/c1-8(2-3-9(12)13)4-6-11-7-5-10/h8,11H,2-4,6-7H2,1H3,(H,12,13). The number of carboxylic acid groups (broad SMARTS) is 1. The van der Waals surface area contributed by atoms with Gasteiger partial charge in [0, 0.05) is 6.42 Å². The van der Waals surface area contributed by atoms with Gasteiger partial charge in [0.25, 0.3) is 0 Å². The van der Waals surface area contributed by atoms with E-state index in [1.165, 1.54) is 0 Å². The van der Waals surface area contributed by atoms with E-state index in [4.69, 9.17) is 10.4 Å². The van der Waals surface area contributed by atoms with Crippen LogP contribution in [0.3, 0.4) is 0 Å². The first-order chi connectivity index (χ1) is 6.16. The number of nitriles is 1. The summed E-state index contributed by atoms with van der Waals surface area (Å²) in [5.74, 6) is -0.334. The second kappa shape index (κ2) is 7.56. The molecule has 0 aliphatic rings. The van der Waals surface area contributed by atoms with Crippen LogP contribution in [0.1, 0.15) is 26.2 Å². The van der Waals surface area contributed by atoms with E-state index in [0.29, 0.717) is 18.9 Å². The third-order valence-electron chi connectivity index (χ3n) is 1.87. The van der Waals surface area contributed by atoms with Crippen LogP contribution in [-0.2, 0) is 4.79 Å². The highest BCUT2D eigenvalue weighted by molar-refractivity contribution is 5.66. The van der Waals surface area contributed by atoms with Gasteiger partial charge in [-0.25, -0.2) is 0 Å². The van der Waals surface area contributed by atoms with Crippen molar-refractivity contribution >= 4 is 5.97 Å². The van der Waals surface area contributed by atoms with Crippen LogP contribution in [0.5, 0.6) is 0 Å². The second-order valence-electron chi connectivity index (χ2n) is 3.16. The molecular weight excluding hydrogens is 168 g/mol. The van der Waals surface area contributed by atoms with Crippen molar-refractivity contribution in [3.8, 4) is 6.07 Å². The number of hydrogen-bond donors (Lipinski definition) is 2. The molecule has 0 saturated carbocycles. The first-order valence-electron chi connectivity index (χ1n) is 4.46. The van der Waals surface area contributed by atoms with Crippen LogP contribution in [0, 0.1) is 17.2 Å². The summed E-state index contributed by atoms with van der Waals surface area (Å²) in [5.41, 5.74) is 0. The Hall–Kier alpha value is -1.08. The highest BCUT2D eigenvalue weighted by Crippen LogP contribution is 2.08. The molecule has 74 valence electrons. The smallest absolute Gasteiger partial charge is 0.303 e. The predicted molar refractivity (Wildman–Crippen MR) is 49.1 cm³/mol. The Labute approximate surface area is 78.6 Å². The highest BCUT2D eigenvalue weighted by Gasteiger charge is 2.04. The van der Waals surface area contributed by atoms with Gasteiger partial charge in [-0.2, -0.15) is 5.26 Å². The van der Waals surface area contributed by atoms with Crippen LogP contribution in [0.15, 0.2) is 0 Å².